The van der Waals surface area contributed by atoms with Crippen molar-refractivity contribution in [3.05, 3.63) is 78.2 Å². The lowest BCUT2D eigenvalue weighted by atomic mass is 10.1. The molecule has 0 saturated carbocycles. The first-order valence-electron chi connectivity index (χ1n) is 11.2. The molecule has 4 rings (SSSR count). The largest absolute Gasteiger partial charge is 0.481 e. The molecule has 11 nitrogen and oxygen atoms in total. The van der Waals surface area contributed by atoms with Gasteiger partial charge in [-0.3, -0.25) is 14.5 Å². The van der Waals surface area contributed by atoms with Gasteiger partial charge in [-0.05, 0) is 54.6 Å². The molecule has 4 aromatic rings. The summed E-state index contributed by atoms with van der Waals surface area (Å²) in [4.78, 5) is 38.7. The van der Waals surface area contributed by atoms with Crippen molar-refractivity contribution in [3.8, 4) is 0 Å². The smallest absolute Gasteiger partial charge is 0.305 e. The van der Waals surface area contributed by atoms with Crippen molar-refractivity contribution in [2.75, 3.05) is 16.8 Å². The molecule has 0 atom stereocenters. The Morgan fingerprint density at radius 3 is 2.56 bits per heavy atom. The number of amides is 1. The third-order valence-electron chi connectivity index (χ3n) is 5.52. The van der Waals surface area contributed by atoms with E-state index in [1.165, 1.54) is 4.90 Å². The second-order valence-electron chi connectivity index (χ2n) is 8.02. The number of aromatic nitrogens is 3. The quantitative estimate of drug-likeness (QED) is 0.207. The third-order valence-corrected chi connectivity index (χ3v) is 5.52. The molecule has 2 heterocycles. The molecule has 0 spiro atoms. The SMILES string of the molecule is Cn1c(CNc2ccc(N=C(N)N)cc2)nc2cc(C(=O)N(CCC(=O)O)c3ccccn3)ccc21. The molecular formula is C25H26N8O3. The number of benzene rings is 2. The predicted octanol–water partition coefficient (Wildman–Crippen LogP) is 2.61. The Morgan fingerprint density at radius 2 is 1.89 bits per heavy atom. The summed E-state index contributed by atoms with van der Waals surface area (Å²) >= 11 is 0. The number of nitrogens with zero attached hydrogens (tertiary/aromatic N) is 5. The summed E-state index contributed by atoms with van der Waals surface area (Å²) < 4.78 is 1.95. The molecule has 0 aliphatic rings. The van der Waals surface area contributed by atoms with E-state index < -0.39 is 5.97 Å². The fourth-order valence-corrected chi connectivity index (χ4v) is 3.72. The van der Waals surface area contributed by atoms with E-state index in [-0.39, 0.29) is 24.8 Å². The number of aryl methyl sites for hydroxylation is 1. The van der Waals surface area contributed by atoms with Gasteiger partial charge in [0, 0.05) is 31.0 Å². The maximum atomic E-state index is 13.3. The van der Waals surface area contributed by atoms with Crippen LogP contribution < -0.4 is 21.7 Å². The first kappa shape index (κ1) is 24.2. The van der Waals surface area contributed by atoms with E-state index in [1.54, 1.807) is 48.7 Å². The summed E-state index contributed by atoms with van der Waals surface area (Å²) in [6.07, 6.45) is 1.36. The van der Waals surface area contributed by atoms with Gasteiger partial charge in [-0.1, -0.05) is 6.07 Å². The average Bonchev–Trinajstić information content (AvgIpc) is 3.18. The second kappa shape index (κ2) is 10.6. The lowest BCUT2D eigenvalue weighted by Crippen LogP contribution is -2.33. The van der Waals surface area contributed by atoms with E-state index in [9.17, 15) is 9.59 Å². The number of hydrogen-bond acceptors (Lipinski definition) is 6. The highest BCUT2D eigenvalue weighted by molar-refractivity contribution is 6.07. The normalized spacial score (nSPS) is 10.7. The number of anilines is 2. The number of carboxylic acid groups (broad SMARTS) is 1. The number of pyridine rings is 1. The van der Waals surface area contributed by atoms with Gasteiger partial charge in [-0.15, -0.1) is 0 Å². The highest BCUT2D eigenvalue weighted by Gasteiger charge is 2.21. The minimum Gasteiger partial charge on any atom is -0.481 e. The third kappa shape index (κ3) is 5.58. The molecule has 36 heavy (non-hydrogen) atoms. The van der Waals surface area contributed by atoms with Crippen molar-refractivity contribution in [2.24, 2.45) is 23.5 Å². The Kier molecular flexibility index (Phi) is 7.10. The van der Waals surface area contributed by atoms with Crippen LogP contribution in [0.25, 0.3) is 11.0 Å². The van der Waals surface area contributed by atoms with Crippen LogP contribution in [0.4, 0.5) is 17.2 Å². The molecule has 0 saturated heterocycles. The number of rotatable bonds is 9. The summed E-state index contributed by atoms with van der Waals surface area (Å²) in [5.74, 6) is -0.177. The zero-order chi connectivity index (χ0) is 25.7. The molecule has 6 N–H and O–H groups in total. The Hall–Kier alpha value is -4.93. The standard InChI is InChI=1S/C25H26N8O3/c1-32-20-10-5-16(24(36)33(13-11-23(34)35)21-4-2-3-12-28-21)14-19(20)31-22(32)15-29-17-6-8-18(9-7-17)30-25(26)27/h2-10,12,14,29H,11,13,15H2,1H3,(H,34,35)(H4,26,27,30). The topological polar surface area (TPSA) is 165 Å². The first-order chi connectivity index (χ1) is 17.3. The van der Waals surface area contributed by atoms with Gasteiger partial charge in [0.05, 0.1) is 29.7 Å². The van der Waals surface area contributed by atoms with E-state index >= 15 is 0 Å². The van der Waals surface area contributed by atoms with Crippen LogP contribution >= 0.6 is 0 Å². The molecule has 0 aliphatic heterocycles. The number of aliphatic imine (C=N–C) groups is 1. The number of nitrogens with two attached hydrogens (primary N) is 2. The van der Waals surface area contributed by atoms with Crippen LogP contribution in [0.1, 0.15) is 22.6 Å². The average molecular weight is 487 g/mol. The van der Waals surface area contributed by atoms with Crippen LogP contribution in [0.2, 0.25) is 0 Å². The molecule has 0 radical (unpaired) electrons. The number of carbonyl (C=O) groups excluding carboxylic acids is 1. The van der Waals surface area contributed by atoms with Crippen molar-refractivity contribution in [1.82, 2.24) is 14.5 Å². The summed E-state index contributed by atoms with van der Waals surface area (Å²) in [6.45, 7) is 0.456. The number of fused-ring (bicyclic) bond motifs is 1. The molecule has 11 heteroatoms. The fraction of sp³-hybridized carbons (Fsp3) is 0.160. The van der Waals surface area contributed by atoms with Crippen LogP contribution in [0, 0.1) is 0 Å². The van der Waals surface area contributed by atoms with E-state index in [2.05, 4.69) is 15.3 Å². The number of carbonyl (C=O) groups is 2. The number of carboxylic acids is 1. The zero-order valence-electron chi connectivity index (χ0n) is 19.6. The van der Waals surface area contributed by atoms with Gasteiger partial charge < -0.3 is 26.5 Å². The predicted molar refractivity (Wildman–Crippen MR) is 138 cm³/mol. The molecule has 2 aromatic carbocycles. The minimum atomic E-state index is -0.994. The Labute approximate surface area is 207 Å². The first-order valence-corrected chi connectivity index (χ1v) is 11.2. The van der Waals surface area contributed by atoms with Crippen molar-refractivity contribution in [2.45, 2.75) is 13.0 Å². The van der Waals surface area contributed by atoms with Crippen LogP contribution in [0.3, 0.4) is 0 Å². The highest BCUT2D eigenvalue weighted by Crippen LogP contribution is 2.22. The molecule has 1 amide bonds. The van der Waals surface area contributed by atoms with Crippen LogP contribution in [0.15, 0.2) is 71.9 Å². The van der Waals surface area contributed by atoms with Crippen molar-refractivity contribution in [1.29, 1.82) is 0 Å². The Balaban J connectivity index is 1.54. The van der Waals surface area contributed by atoms with Crippen LogP contribution in [-0.2, 0) is 18.4 Å². The van der Waals surface area contributed by atoms with Gasteiger partial charge in [0.2, 0.25) is 0 Å². The molecule has 0 bridgehead atoms. The van der Waals surface area contributed by atoms with E-state index in [4.69, 9.17) is 21.6 Å². The van der Waals surface area contributed by atoms with Crippen molar-refractivity contribution >= 4 is 46.1 Å². The fourth-order valence-electron chi connectivity index (χ4n) is 3.72. The lowest BCUT2D eigenvalue weighted by molar-refractivity contribution is -0.136. The monoisotopic (exact) mass is 486 g/mol. The number of imidazole rings is 1. The maximum Gasteiger partial charge on any atom is 0.305 e. The van der Waals surface area contributed by atoms with E-state index in [0.717, 1.165) is 17.0 Å². The van der Waals surface area contributed by atoms with Gasteiger partial charge in [0.1, 0.15) is 11.6 Å². The minimum absolute atomic E-state index is 0.00158. The number of nitrogens with one attached hydrogen (secondary N) is 1. The van der Waals surface area contributed by atoms with Crippen LogP contribution in [-0.4, -0.2) is 44.0 Å². The Bertz CT molecular complexity index is 1410. The zero-order valence-corrected chi connectivity index (χ0v) is 19.6. The second-order valence-corrected chi connectivity index (χ2v) is 8.02. The van der Waals surface area contributed by atoms with Gasteiger partial charge >= 0.3 is 5.97 Å². The molecule has 0 unspecified atom stereocenters. The molecule has 184 valence electrons. The van der Waals surface area contributed by atoms with Gasteiger partial charge in [-0.2, -0.15) is 0 Å². The summed E-state index contributed by atoms with van der Waals surface area (Å²) in [5.41, 5.74) is 14.2. The summed E-state index contributed by atoms with van der Waals surface area (Å²) in [5, 5.41) is 12.4. The van der Waals surface area contributed by atoms with Gasteiger partial charge in [0.25, 0.3) is 5.91 Å². The maximum absolute atomic E-state index is 13.3. The summed E-state index contributed by atoms with van der Waals surface area (Å²) in [7, 11) is 1.91. The van der Waals surface area contributed by atoms with Crippen molar-refractivity contribution < 1.29 is 14.7 Å². The molecular weight excluding hydrogens is 460 g/mol. The number of hydrogen-bond donors (Lipinski definition) is 4. The lowest BCUT2D eigenvalue weighted by Gasteiger charge is -2.21. The number of guanidine groups is 1. The Morgan fingerprint density at radius 1 is 1.11 bits per heavy atom. The van der Waals surface area contributed by atoms with Gasteiger partial charge in [0.15, 0.2) is 5.96 Å². The van der Waals surface area contributed by atoms with E-state index in [1.807, 2.05) is 29.8 Å². The molecule has 0 fully saturated rings. The molecule has 0 aliphatic carbocycles. The van der Waals surface area contributed by atoms with Crippen molar-refractivity contribution in [3.63, 3.8) is 0 Å². The van der Waals surface area contributed by atoms with Crippen LogP contribution in [0.5, 0.6) is 0 Å². The van der Waals surface area contributed by atoms with E-state index in [0.29, 0.717) is 29.1 Å². The van der Waals surface area contributed by atoms with Gasteiger partial charge in [-0.25, -0.2) is 15.0 Å². The summed E-state index contributed by atoms with van der Waals surface area (Å²) in [6, 6.07) is 17.7. The molecule has 2 aromatic heterocycles. The highest BCUT2D eigenvalue weighted by atomic mass is 16.4. The number of aliphatic carboxylic acids is 1.